The third-order valence-electron chi connectivity index (χ3n) is 2.12. The molecule has 0 amide bonds. The van der Waals surface area contributed by atoms with Crippen molar-refractivity contribution in [2.45, 2.75) is 6.42 Å². The van der Waals surface area contributed by atoms with Gasteiger partial charge in [0.25, 0.3) is 0 Å². The lowest BCUT2D eigenvalue weighted by Gasteiger charge is -1.91. The van der Waals surface area contributed by atoms with Gasteiger partial charge in [0.1, 0.15) is 0 Å². The average Bonchev–Trinajstić information content (AvgIpc) is 2.44. The molecule has 0 saturated heterocycles. The molecule has 0 aliphatic heterocycles. The Balaban J connectivity index is 2.64. The normalized spacial score (nSPS) is 14.3. The smallest absolute Gasteiger partial charge is 0.197 e. The van der Waals surface area contributed by atoms with Gasteiger partial charge in [0.2, 0.25) is 0 Å². The SMILES string of the molecule is C=C=C1Cc2ccccc2C1=O. The molecule has 0 aromatic heterocycles. The summed E-state index contributed by atoms with van der Waals surface area (Å²) < 4.78 is 0. The molecule has 0 spiro atoms. The molecule has 1 nitrogen and oxygen atoms in total. The van der Waals surface area contributed by atoms with Gasteiger partial charge >= 0.3 is 0 Å². The highest BCUT2D eigenvalue weighted by molar-refractivity contribution is 6.12. The minimum Gasteiger partial charge on any atom is -0.288 e. The first-order valence-corrected chi connectivity index (χ1v) is 3.84. The minimum absolute atomic E-state index is 0.0839. The summed E-state index contributed by atoms with van der Waals surface area (Å²) in [5.74, 6) is 0.0839. The van der Waals surface area contributed by atoms with Crippen LogP contribution in [0, 0.1) is 0 Å². The molecule has 0 fully saturated rings. The van der Waals surface area contributed by atoms with E-state index >= 15 is 0 Å². The number of rotatable bonds is 0. The zero-order valence-corrected chi connectivity index (χ0v) is 6.63. The van der Waals surface area contributed by atoms with Crippen LogP contribution in [0.2, 0.25) is 0 Å². The number of allylic oxidation sites excluding steroid dienone is 1. The van der Waals surface area contributed by atoms with Crippen molar-refractivity contribution in [3.8, 4) is 0 Å². The molecule has 0 bridgehead atoms. The van der Waals surface area contributed by atoms with Gasteiger partial charge in [-0.15, -0.1) is 5.73 Å². The van der Waals surface area contributed by atoms with Crippen LogP contribution in [0.1, 0.15) is 15.9 Å². The summed E-state index contributed by atoms with van der Waals surface area (Å²) in [6, 6.07) is 7.64. The summed E-state index contributed by atoms with van der Waals surface area (Å²) in [7, 11) is 0. The van der Waals surface area contributed by atoms with Crippen molar-refractivity contribution in [3.05, 3.63) is 53.3 Å². The van der Waals surface area contributed by atoms with Crippen molar-refractivity contribution in [1.29, 1.82) is 0 Å². The first-order valence-electron chi connectivity index (χ1n) is 3.84. The van der Waals surface area contributed by atoms with E-state index in [2.05, 4.69) is 12.3 Å². The van der Waals surface area contributed by atoms with E-state index in [0.717, 1.165) is 11.1 Å². The number of carbonyl (C=O) groups is 1. The summed E-state index contributed by atoms with van der Waals surface area (Å²) in [6.45, 7) is 3.49. The fourth-order valence-corrected chi connectivity index (χ4v) is 1.47. The molecule has 0 heterocycles. The van der Waals surface area contributed by atoms with Crippen LogP contribution in [0.15, 0.2) is 42.1 Å². The topological polar surface area (TPSA) is 17.1 Å². The summed E-state index contributed by atoms with van der Waals surface area (Å²) >= 11 is 0. The predicted octanol–water partition coefficient (Wildman–Crippen LogP) is 2.14. The zero-order valence-electron chi connectivity index (χ0n) is 6.63. The van der Waals surface area contributed by atoms with E-state index in [-0.39, 0.29) is 5.78 Å². The standard InChI is InChI=1S/C11H8O/c1-2-8-7-9-5-3-4-6-10(9)11(8)12/h3-6H,1,7H2. The quantitative estimate of drug-likeness (QED) is 0.415. The Bertz CT molecular complexity index is 395. The molecular formula is C11H8O. The van der Waals surface area contributed by atoms with E-state index in [1.807, 2.05) is 24.3 Å². The molecule has 58 valence electrons. The molecule has 12 heavy (non-hydrogen) atoms. The van der Waals surface area contributed by atoms with Crippen molar-refractivity contribution in [3.63, 3.8) is 0 Å². The third kappa shape index (κ3) is 0.843. The van der Waals surface area contributed by atoms with Crippen LogP contribution >= 0.6 is 0 Å². The number of carbonyl (C=O) groups excluding carboxylic acids is 1. The first kappa shape index (κ1) is 7.08. The highest BCUT2D eigenvalue weighted by Gasteiger charge is 2.23. The fraction of sp³-hybridized carbons (Fsp3) is 0.0909. The van der Waals surface area contributed by atoms with Crippen molar-refractivity contribution in [1.82, 2.24) is 0 Å². The largest absolute Gasteiger partial charge is 0.288 e. The van der Waals surface area contributed by atoms with Gasteiger partial charge in [-0.05, 0) is 5.56 Å². The van der Waals surface area contributed by atoms with Crippen LogP contribution in [0.25, 0.3) is 0 Å². The monoisotopic (exact) mass is 156 g/mol. The maximum absolute atomic E-state index is 11.5. The Morgan fingerprint density at radius 2 is 2.08 bits per heavy atom. The molecule has 0 atom stereocenters. The van der Waals surface area contributed by atoms with Gasteiger partial charge in [0.05, 0.1) is 0 Å². The van der Waals surface area contributed by atoms with Gasteiger partial charge < -0.3 is 0 Å². The van der Waals surface area contributed by atoms with Gasteiger partial charge in [-0.3, -0.25) is 4.79 Å². The van der Waals surface area contributed by atoms with Crippen molar-refractivity contribution < 1.29 is 4.79 Å². The lowest BCUT2D eigenvalue weighted by atomic mass is 10.1. The second-order valence-corrected chi connectivity index (χ2v) is 2.82. The van der Waals surface area contributed by atoms with Crippen LogP contribution in [0.3, 0.4) is 0 Å². The lowest BCUT2D eigenvalue weighted by molar-refractivity contribution is 0.104. The molecular weight excluding hydrogens is 148 g/mol. The van der Waals surface area contributed by atoms with E-state index in [9.17, 15) is 4.79 Å². The molecule has 0 radical (unpaired) electrons. The number of benzene rings is 1. The lowest BCUT2D eigenvalue weighted by Crippen LogP contribution is -1.92. The molecule has 1 heteroatoms. The second kappa shape index (κ2) is 2.47. The Labute approximate surface area is 71.0 Å². The zero-order chi connectivity index (χ0) is 8.55. The van der Waals surface area contributed by atoms with Gasteiger partial charge in [-0.25, -0.2) is 0 Å². The number of hydrogen-bond donors (Lipinski definition) is 0. The van der Waals surface area contributed by atoms with Crippen LogP contribution in [0.4, 0.5) is 0 Å². The Morgan fingerprint density at radius 3 is 2.75 bits per heavy atom. The van der Waals surface area contributed by atoms with E-state index < -0.39 is 0 Å². The highest BCUT2D eigenvalue weighted by Crippen LogP contribution is 2.24. The molecule has 0 saturated carbocycles. The number of hydrogen-bond acceptors (Lipinski definition) is 1. The number of fused-ring (bicyclic) bond motifs is 1. The molecule has 1 aliphatic carbocycles. The molecule has 0 unspecified atom stereocenters. The maximum atomic E-state index is 11.5. The highest BCUT2D eigenvalue weighted by atomic mass is 16.1. The third-order valence-corrected chi connectivity index (χ3v) is 2.12. The molecule has 1 aromatic rings. The summed E-state index contributed by atoms with van der Waals surface area (Å²) in [6.07, 6.45) is 0.693. The Morgan fingerprint density at radius 1 is 1.33 bits per heavy atom. The van der Waals surface area contributed by atoms with Gasteiger partial charge in [-0.1, -0.05) is 30.8 Å². The Hall–Kier alpha value is -1.59. The number of Topliss-reactive ketones (excluding diaryl/α,β-unsaturated/α-hetero) is 1. The molecule has 2 rings (SSSR count). The summed E-state index contributed by atoms with van der Waals surface area (Å²) in [5.41, 5.74) is 5.27. The van der Waals surface area contributed by atoms with Crippen molar-refractivity contribution >= 4 is 5.78 Å². The van der Waals surface area contributed by atoms with E-state index in [1.54, 1.807) is 0 Å². The minimum atomic E-state index is 0.0839. The van der Waals surface area contributed by atoms with E-state index in [1.165, 1.54) is 0 Å². The van der Waals surface area contributed by atoms with Gasteiger partial charge in [0, 0.05) is 17.6 Å². The van der Waals surface area contributed by atoms with Gasteiger partial charge in [0.15, 0.2) is 5.78 Å². The Kier molecular flexibility index (Phi) is 1.46. The van der Waals surface area contributed by atoms with E-state index in [0.29, 0.717) is 12.0 Å². The van der Waals surface area contributed by atoms with Crippen LogP contribution in [0.5, 0.6) is 0 Å². The fourth-order valence-electron chi connectivity index (χ4n) is 1.47. The summed E-state index contributed by atoms with van der Waals surface area (Å²) in [4.78, 5) is 11.5. The first-order chi connectivity index (χ1) is 5.83. The number of ketones is 1. The average molecular weight is 156 g/mol. The predicted molar refractivity (Wildman–Crippen MR) is 47.1 cm³/mol. The second-order valence-electron chi connectivity index (χ2n) is 2.82. The molecule has 1 aliphatic rings. The summed E-state index contributed by atoms with van der Waals surface area (Å²) in [5, 5.41) is 0. The van der Waals surface area contributed by atoms with Gasteiger partial charge in [-0.2, -0.15) is 0 Å². The van der Waals surface area contributed by atoms with Crippen molar-refractivity contribution in [2.24, 2.45) is 0 Å². The van der Waals surface area contributed by atoms with Crippen molar-refractivity contribution in [2.75, 3.05) is 0 Å². The van der Waals surface area contributed by atoms with E-state index in [4.69, 9.17) is 0 Å². The molecule has 1 aromatic carbocycles. The van der Waals surface area contributed by atoms with Crippen LogP contribution < -0.4 is 0 Å². The maximum Gasteiger partial charge on any atom is 0.197 e. The van der Waals surface area contributed by atoms with Crippen LogP contribution in [-0.4, -0.2) is 5.78 Å². The van der Waals surface area contributed by atoms with Crippen LogP contribution in [-0.2, 0) is 6.42 Å². The molecule has 0 N–H and O–H groups in total.